The summed E-state index contributed by atoms with van der Waals surface area (Å²) in [6, 6.07) is 6.23. The summed E-state index contributed by atoms with van der Waals surface area (Å²) < 4.78 is 15.7. The summed E-state index contributed by atoms with van der Waals surface area (Å²) in [7, 11) is 0. The summed E-state index contributed by atoms with van der Waals surface area (Å²) in [6.07, 6.45) is 5.55. The summed E-state index contributed by atoms with van der Waals surface area (Å²) >= 11 is 5.93. The Morgan fingerprint density at radius 1 is 1.36 bits per heavy atom. The molecule has 4 aromatic rings. The van der Waals surface area contributed by atoms with Crippen LogP contribution in [0.25, 0.3) is 5.52 Å². The Balaban J connectivity index is 1.68. The number of halogens is 2. The molecule has 0 spiro atoms. The summed E-state index contributed by atoms with van der Waals surface area (Å²) in [5.41, 5.74) is 2.81. The van der Waals surface area contributed by atoms with Crippen LogP contribution in [0.1, 0.15) is 28.8 Å². The average Bonchev–Trinajstić information content (AvgIpc) is 3.35. The largest absolute Gasteiger partial charge is 0.348 e. The molecule has 0 bridgehead atoms. The lowest BCUT2D eigenvalue weighted by molar-refractivity contribution is 0.608. The molecule has 5 rings (SSSR count). The number of aromatic nitrogens is 6. The van der Waals surface area contributed by atoms with Gasteiger partial charge in [-0.05, 0) is 18.2 Å². The monoisotopic (exact) mass is 394 g/mol. The van der Waals surface area contributed by atoms with Crippen molar-refractivity contribution in [2.75, 3.05) is 11.4 Å². The van der Waals surface area contributed by atoms with Gasteiger partial charge in [-0.3, -0.25) is 0 Å². The Labute approximate surface area is 163 Å². The van der Waals surface area contributed by atoms with Crippen LogP contribution in [-0.2, 0) is 6.42 Å². The third-order valence-corrected chi connectivity index (χ3v) is 5.07. The zero-order chi connectivity index (χ0) is 19.3. The molecule has 0 saturated carbocycles. The lowest BCUT2D eigenvalue weighted by Gasteiger charge is -2.34. The number of aromatic amines is 1. The second kappa shape index (κ2) is 6.28. The molecule has 0 radical (unpaired) electrons. The zero-order valence-corrected chi connectivity index (χ0v) is 15.1. The van der Waals surface area contributed by atoms with Gasteiger partial charge in [-0.1, -0.05) is 11.6 Å². The Kier molecular flexibility index (Phi) is 3.74. The van der Waals surface area contributed by atoms with Gasteiger partial charge in [0, 0.05) is 24.9 Å². The summed E-state index contributed by atoms with van der Waals surface area (Å²) in [5.74, 6) is 0.126. The predicted molar refractivity (Wildman–Crippen MR) is 98.4 cm³/mol. The van der Waals surface area contributed by atoms with Crippen molar-refractivity contribution in [3.8, 4) is 6.07 Å². The van der Waals surface area contributed by atoms with E-state index in [1.807, 2.05) is 11.0 Å². The van der Waals surface area contributed by atoms with Gasteiger partial charge in [0.15, 0.2) is 10.8 Å². The first-order valence-electron chi connectivity index (χ1n) is 8.51. The quantitative estimate of drug-likeness (QED) is 0.561. The first-order chi connectivity index (χ1) is 13.7. The SMILES string of the molecule is N#Cc1nc(N2CCc3[nH]cnc3[C@H]2c2cc3c(F)cccn3n2)cnc1Cl. The molecule has 0 fully saturated rings. The van der Waals surface area contributed by atoms with Crippen molar-refractivity contribution < 1.29 is 4.39 Å². The second-order valence-corrected chi connectivity index (χ2v) is 6.70. The number of hydrogen-bond donors (Lipinski definition) is 1. The highest BCUT2D eigenvalue weighted by Crippen LogP contribution is 2.36. The molecule has 0 aliphatic carbocycles. The van der Waals surface area contributed by atoms with Crippen LogP contribution in [0.2, 0.25) is 5.15 Å². The van der Waals surface area contributed by atoms with E-state index in [0.29, 0.717) is 30.0 Å². The summed E-state index contributed by atoms with van der Waals surface area (Å²) in [6.45, 7) is 0.595. The molecule has 0 aromatic carbocycles. The van der Waals surface area contributed by atoms with E-state index in [4.69, 9.17) is 11.6 Å². The average molecular weight is 395 g/mol. The Bertz CT molecular complexity index is 1240. The van der Waals surface area contributed by atoms with Crippen molar-refractivity contribution in [2.45, 2.75) is 12.5 Å². The van der Waals surface area contributed by atoms with Crippen LogP contribution in [0.4, 0.5) is 10.2 Å². The maximum atomic E-state index is 14.2. The lowest BCUT2D eigenvalue weighted by Crippen LogP contribution is -2.37. The van der Waals surface area contributed by atoms with Crippen LogP contribution in [-0.4, -0.2) is 36.1 Å². The molecule has 0 saturated heterocycles. The zero-order valence-electron chi connectivity index (χ0n) is 14.3. The number of anilines is 1. The number of nitrogens with one attached hydrogen (secondary N) is 1. The molecule has 1 N–H and O–H groups in total. The number of H-pyrrole nitrogens is 1. The fourth-order valence-electron chi connectivity index (χ4n) is 3.53. The van der Waals surface area contributed by atoms with Crippen molar-refractivity contribution in [3.63, 3.8) is 0 Å². The molecule has 10 heteroatoms. The van der Waals surface area contributed by atoms with Crippen molar-refractivity contribution in [1.29, 1.82) is 5.26 Å². The fraction of sp³-hybridized carbons (Fsp3) is 0.167. The summed E-state index contributed by atoms with van der Waals surface area (Å²) in [5, 5.41) is 13.8. The number of imidazole rings is 1. The van der Waals surface area contributed by atoms with Gasteiger partial charge in [0.1, 0.15) is 29.3 Å². The lowest BCUT2D eigenvalue weighted by atomic mass is 10.00. The van der Waals surface area contributed by atoms with Crippen molar-refractivity contribution >= 4 is 22.9 Å². The van der Waals surface area contributed by atoms with Crippen LogP contribution in [0.5, 0.6) is 0 Å². The summed E-state index contributed by atoms with van der Waals surface area (Å²) in [4.78, 5) is 18.0. The van der Waals surface area contributed by atoms with Gasteiger partial charge in [-0.2, -0.15) is 10.4 Å². The van der Waals surface area contributed by atoms with Crippen molar-refractivity contribution in [3.05, 3.63) is 70.7 Å². The van der Waals surface area contributed by atoms with Crippen LogP contribution < -0.4 is 4.90 Å². The number of nitrogens with zero attached hydrogens (tertiary/aromatic N) is 7. The molecule has 4 aromatic heterocycles. The van der Waals surface area contributed by atoms with E-state index < -0.39 is 6.04 Å². The Hall–Kier alpha value is -3.51. The normalized spacial score (nSPS) is 16.2. The molecular weight excluding hydrogens is 383 g/mol. The van der Waals surface area contributed by atoms with E-state index in [9.17, 15) is 9.65 Å². The van der Waals surface area contributed by atoms with Gasteiger partial charge >= 0.3 is 0 Å². The number of hydrogen-bond acceptors (Lipinski definition) is 6. The topological polar surface area (TPSA) is 98.8 Å². The molecular formula is C18H12ClFN8. The molecule has 0 amide bonds. The van der Waals surface area contributed by atoms with Gasteiger partial charge in [0.25, 0.3) is 0 Å². The number of pyridine rings is 1. The highest BCUT2D eigenvalue weighted by molar-refractivity contribution is 6.30. The fourth-order valence-corrected chi connectivity index (χ4v) is 3.66. The van der Waals surface area contributed by atoms with E-state index in [2.05, 4.69) is 25.0 Å². The van der Waals surface area contributed by atoms with E-state index in [1.165, 1.54) is 16.8 Å². The van der Waals surface area contributed by atoms with E-state index in [-0.39, 0.29) is 16.7 Å². The van der Waals surface area contributed by atoms with Gasteiger partial charge in [0.05, 0.1) is 23.9 Å². The minimum atomic E-state index is -0.406. The Morgan fingerprint density at radius 2 is 2.25 bits per heavy atom. The highest BCUT2D eigenvalue weighted by atomic mass is 35.5. The molecule has 1 aliphatic rings. The van der Waals surface area contributed by atoms with E-state index >= 15 is 0 Å². The standard InChI is InChI=1S/C18H12ClFN8/c19-18-13(7-21)25-15(8-22-18)27-5-3-11-16(24-9-23-11)17(27)12-6-14-10(20)2-1-4-28(14)26-12/h1-2,4,6,8-9,17H,3,5H2,(H,23,24)/t17-/m1/s1. The van der Waals surface area contributed by atoms with Crippen molar-refractivity contribution in [2.24, 2.45) is 0 Å². The predicted octanol–water partition coefficient (Wildman–Crippen LogP) is 2.66. The van der Waals surface area contributed by atoms with Crippen LogP contribution >= 0.6 is 11.6 Å². The molecule has 28 heavy (non-hydrogen) atoms. The van der Waals surface area contributed by atoms with E-state index in [1.54, 1.807) is 24.7 Å². The van der Waals surface area contributed by atoms with Crippen LogP contribution in [0, 0.1) is 17.1 Å². The third kappa shape index (κ3) is 2.50. The first kappa shape index (κ1) is 16.6. The van der Waals surface area contributed by atoms with Gasteiger partial charge in [0.2, 0.25) is 0 Å². The minimum absolute atomic E-state index is 0.0480. The van der Waals surface area contributed by atoms with Gasteiger partial charge < -0.3 is 9.88 Å². The number of fused-ring (bicyclic) bond motifs is 2. The molecule has 1 aliphatic heterocycles. The molecule has 8 nitrogen and oxygen atoms in total. The first-order valence-corrected chi connectivity index (χ1v) is 8.88. The van der Waals surface area contributed by atoms with Gasteiger partial charge in [-0.25, -0.2) is 23.9 Å². The number of rotatable bonds is 2. The maximum absolute atomic E-state index is 14.2. The highest BCUT2D eigenvalue weighted by Gasteiger charge is 2.34. The molecule has 1 atom stereocenters. The minimum Gasteiger partial charge on any atom is -0.348 e. The molecule has 138 valence electrons. The van der Waals surface area contributed by atoms with Crippen LogP contribution in [0.15, 0.2) is 36.9 Å². The Morgan fingerprint density at radius 3 is 3.07 bits per heavy atom. The third-order valence-electron chi connectivity index (χ3n) is 4.79. The smallest absolute Gasteiger partial charge is 0.180 e. The van der Waals surface area contributed by atoms with E-state index in [0.717, 1.165) is 11.4 Å². The van der Waals surface area contributed by atoms with Crippen LogP contribution in [0.3, 0.4) is 0 Å². The van der Waals surface area contributed by atoms with Gasteiger partial charge in [-0.15, -0.1) is 0 Å². The maximum Gasteiger partial charge on any atom is 0.180 e. The second-order valence-electron chi connectivity index (χ2n) is 6.35. The number of nitriles is 1. The molecule has 5 heterocycles. The molecule has 0 unspecified atom stereocenters. The van der Waals surface area contributed by atoms with Crippen molar-refractivity contribution in [1.82, 2.24) is 29.5 Å².